The van der Waals surface area contributed by atoms with E-state index >= 15 is 0 Å². The first-order valence-corrected chi connectivity index (χ1v) is 6.29. The van der Waals surface area contributed by atoms with Crippen LogP contribution < -0.4 is 5.32 Å². The van der Waals surface area contributed by atoms with Crippen LogP contribution in [-0.4, -0.2) is 30.9 Å². The minimum atomic E-state index is -3.39. The molecule has 0 bridgehead atoms. The number of sulfone groups is 1. The van der Waals surface area contributed by atoms with Crippen LogP contribution in [-0.2, 0) is 14.6 Å². The van der Waals surface area contributed by atoms with E-state index in [-0.39, 0.29) is 0 Å². The van der Waals surface area contributed by atoms with Crippen molar-refractivity contribution in [2.75, 3.05) is 6.26 Å². The van der Waals surface area contributed by atoms with Gasteiger partial charge in [0.1, 0.15) is 4.75 Å². The normalized spacial score (nSPS) is 13.9. The third kappa shape index (κ3) is 3.29. The molecule has 0 saturated carbocycles. The van der Waals surface area contributed by atoms with Crippen molar-refractivity contribution < 1.29 is 13.2 Å². The first-order valence-electron chi connectivity index (χ1n) is 4.40. The first-order chi connectivity index (χ1) is 5.88. The largest absolute Gasteiger partial charge is 0.350 e. The maximum Gasteiger partial charge on any atom is 0.241 e. The average molecular weight is 221 g/mol. The summed E-state index contributed by atoms with van der Waals surface area (Å²) >= 11 is 0. The zero-order valence-corrected chi connectivity index (χ0v) is 10.4. The first kappa shape index (κ1) is 13.4. The molecule has 84 valence electrons. The molecule has 1 amide bonds. The molecule has 0 heterocycles. The molecule has 0 radical (unpaired) electrons. The van der Waals surface area contributed by atoms with Crippen molar-refractivity contribution in [1.29, 1.82) is 0 Å². The molecule has 0 fully saturated rings. The van der Waals surface area contributed by atoms with Crippen LogP contribution >= 0.6 is 0 Å². The van der Waals surface area contributed by atoms with E-state index in [1.807, 2.05) is 20.8 Å². The van der Waals surface area contributed by atoms with Gasteiger partial charge in [-0.1, -0.05) is 0 Å². The summed E-state index contributed by atoms with van der Waals surface area (Å²) in [6, 6.07) is 0. The van der Waals surface area contributed by atoms with Crippen LogP contribution in [0.25, 0.3) is 0 Å². The van der Waals surface area contributed by atoms with E-state index in [4.69, 9.17) is 0 Å². The van der Waals surface area contributed by atoms with Gasteiger partial charge >= 0.3 is 0 Å². The zero-order valence-electron chi connectivity index (χ0n) is 9.63. The van der Waals surface area contributed by atoms with E-state index in [1.54, 1.807) is 0 Å². The topological polar surface area (TPSA) is 63.2 Å². The van der Waals surface area contributed by atoms with Crippen LogP contribution in [0.2, 0.25) is 0 Å². The lowest BCUT2D eigenvalue weighted by Crippen LogP contribution is -2.53. The molecule has 0 spiro atoms. The zero-order chi connectivity index (χ0) is 11.8. The standard InChI is InChI=1S/C9H19NO3S/c1-8(2,3)10-7(11)9(4,5)14(6,12)13/h1-6H3,(H,10,11). The van der Waals surface area contributed by atoms with Crippen LogP contribution in [0.15, 0.2) is 0 Å². The van der Waals surface area contributed by atoms with Gasteiger partial charge in [0, 0.05) is 11.8 Å². The van der Waals surface area contributed by atoms with Crippen LogP contribution in [0.4, 0.5) is 0 Å². The molecular weight excluding hydrogens is 202 g/mol. The van der Waals surface area contributed by atoms with Crippen molar-refractivity contribution in [3.63, 3.8) is 0 Å². The number of hydrogen-bond donors (Lipinski definition) is 1. The Morgan fingerprint density at radius 2 is 1.43 bits per heavy atom. The van der Waals surface area contributed by atoms with Gasteiger partial charge in [0.2, 0.25) is 5.91 Å². The molecule has 0 atom stereocenters. The van der Waals surface area contributed by atoms with E-state index in [0.717, 1.165) is 6.26 Å². The molecule has 0 aromatic rings. The van der Waals surface area contributed by atoms with Gasteiger partial charge in [-0.3, -0.25) is 4.79 Å². The summed E-state index contributed by atoms with van der Waals surface area (Å²) in [5.41, 5.74) is -0.418. The molecule has 0 rings (SSSR count). The highest BCUT2D eigenvalue weighted by atomic mass is 32.2. The number of carbonyl (C=O) groups is 1. The number of nitrogens with one attached hydrogen (secondary N) is 1. The average Bonchev–Trinajstić information content (AvgIpc) is 1.80. The molecule has 0 aromatic heterocycles. The number of carbonyl (C=O) groups excluding carboxylic acids is 1. The highest BCUT2D eigenvalue weighted by molar-refractivity contribution is 7.92. The third-order valence-electron chi connectivity index (χ3n) is 1.96. The maximum atomic E-state index is 11.6. The summed E-state index contributed by atoms with van der Waals surface area (Å²) in [6.45, 7) is 8.24. The summed E-state index contributed by atoms with van der Waals surface area (Å²) in [6.07, 6.45) is 1.06. The van der Waals surface area contributed by atoms with Gasteiger partial charge in [0.25, 0.3) is 0 Å². The molecule has 0 unspecified atom stereocenters. The van der Waals surface area contributed by atoms with Crippen molar-refractivity contribution in [3.8, 4) is 0 Å². The Kier molecular flexibility index (Phi) is 3.38. The highest BCUT2D eigenvalue weighted by Crippen LogP contribution is 2.16. The highest BCUT2D eigenvalue weighted by Gasteiger charge is 2.39. The number of rotatable bonds is 2. The van der Waals surface area contributed by atoms with Gasteiger partial charge in [-0.2, -0.15) is 0 Å². The van der Waals surface area contributed by atoms with Crippen molar-refractivity contribution in [1.82, 2.24) is 5.32 Å². The van der Waals surface area contributed by atoms with Crippen molar-refractivity contribution in [3.05, 3.63) is 0 Å². The Balaban J connectivity index is 4.89. The lowest BCUT2D eigenvalue weighted by molar-refractivity contribution is -0.124. The van der Waals surface area contributed by atoms with Crippen LogP contribution in [0.5, 0.6) is 0 Å². The quantitative estimate of drug-likeness (QED) is 0.747. The molecular formula is C9H19NO3S. The maximum absolute atomic E-state index is 11.6. The summed E-state index contributed by atoms with van der Waals surface area (Å²) in [7, 11) is -3.39. The second-order valence-electron chi connectivity index (χ2n) is 4.99. The molecule has 0 aliphatic carbocycles. The predicted molar refractivity (Wildman–Crippen MR) is 56.8 cm³/mol. The lowest BCUT2D eigenvalue weighted by Gasteiger charge is -2.28. The molecule has 14 heavy (non-hydrogen) atoms. The number of hydrogen-bond acceptors (Lipinski definition) is 3. The van der Waals surface area contributed by atoms with Gasteiger partial charge < -0.3 is 5.32 Å². The van der Waals surface area contributed by atoms with E-state index < -0.39 is 26.0 Å². The smallest absolute Gasteiger partial charge is 0.241 e. The van der Waals surface area contributed by atoms with E-state index in [0.29, 0.717) is 0 Å². The molecule has 4 nitrogen and oxygen atoms in total. The fourth-order valence-corrected chi connectivity index (χ4v) is 1.05. The summed E-state index contributed by atoms with van der Waals surface area (Å²) in [4.78, 5) is 11.6. The van der Waals surface area contributed by atoms with Crippen molar-refractivity contribution >= 4 is 15.7 Å². The Morgan fingerprint density at radius 3 is 1.64 bits per heavy atom. The number of amides is 1. The molecule has 1 N–H and O–H groups in total. The van der Waals surface area contributed by atoms with Crippen molar-refractivity contribution in [2.45, 2.75) is 44.9 Å². The molecule has 0 aromatic carbocycles. The van der Waals surface area contributed by atoms with Gasteiger partial charge in [-0.05, 0) is 34.6 Å². The Bertz CT molecular complexity index is 322. The van der Waals surface area contributed by atoms with E-state index in [9.17, 15) is 13.2 Å². The minimum absolute atomic E-state index is 0.418. The van der Waals surface area contributed by atoms with Gasteiger partial charge in [0.15, 0.2) is 9.84 Å². The summed E-state index contributed by atoms with van der Waals surface area (Å²) in [5, 5.41) is 2.65. The second-order valence-corrected chi connectivity index (χ2v) is 7.55. The van der Waals surface area contributed by atoms with E-state index in [2.05, 4.69) is 5.32 Å². The van der Waals surface area contributed by atoms with Crippen LogP contribution in [0.1, 0.15) is 34.6 Å². The predicted octanol–water partition coefficient (Wildman–Crippen LogP) is 0.724. The summed E-state index contributed by atoms with van der Waals surface area (Å²) < 4.78 is 21.3. The van der Waals surface area contributed by atoms with Crippen LogP contribution in [0.3, 0.4) is 0 Å². The van der Waals surface area contributed by atoms with Crippen molar-refractivity contribution in [2.24, 2.45) is 0 Å². The monoisotopic (exact) mass is 221 g/mol. The SMILES string of the molecule is CC(C)(C)NC(=O)C(C)(C)S(C)(=O)=O. The molecule has 0 aliphatic rings. The Morgan fingerprint density at radius 1 is 1.07 bits per heavy atom. The van der Waals surface area contributed by atoms with E-state index in [1.165, 1.54) is 13.8 Å². The fraction of sp³-hybridized carbons (Fsp3) is 0.889. The minimum Gasteiger partial charge on any atom is -0.350 e. The van der Waals surface area contributed by atoms with Gasteiger partial charge in [0.05, 0.1) is 0 Å². The molecule has 0 aliphatic heterocycles. The van der Waals surface area contributed by atoms with Gasteiger partial charge in [-0.25, -0.2) is 8.42 Å². The molecule has 0 saturated heterocycles. The third-order valence-corrected chi connectivity index (χ3v) is 4.00. The van der Waals surface area contributed by atoms with Crippen LogP contribution in [0, 0.1) is 0 Å². The summed E-state index contributed by atoms with van der Waals surface area (Å²) in [5.74, 6) is -0.465. The van der Waals surface area contributed by atoms with Gasteiger partial charge in [-0.15, -0.1) is 0 Å². The Hall–Kier alpha value is -0.580. The fourth-order valence-electron chi connectivity index (χ4n) is 0.659. The Labute approximate surface area is 86.0 Å². The lowest BCUT2D eigenvalue weighted by atomic mass is 10.1. The second kappa shape index (κ2) is 3.53. The molecule has 5 heteroatoms.